The molecule has 106 valence electrons. The maximum Gasteiger partial charge on any atom is 0.141 e. The summed E-state index contributed by atoms with van der Waals surface area (Å²) in [6.45, 7) is 8.12. The SMILES string of the molecule is CCCNCc1cc(F)cnc1N1CCC(C)CC1. The van der Waals surface area contributed by atoms with Crippen LogP contribution in [0, 0.1) is 11.7 Å². The van der Waals surface area contributed by atoms with E-state index in [0.717, 1.165) is 43.4 Å². The predicted molar refractivity (Wildman–Crippen MR) is 76.8 cm³/mol. The van der Waals surface area contributed by atoms with E-state index < -0.39 is 0 Å². The highest BCUT2D eigenvalue weighted by Gasteiger charge is 2.19. The predicted octanol–water partition coefficient (Wildman–Crippen LogP) is 2.96. The molecule has 0 bridgehead atoms. The van der Waals surface area contributed by atoms with Crippen LogP contribution in [0.25, 0.3) is 0 Å². The van der Waals surface area contributed by atoms with Crippen molar-refractivity contribution in [3.63, 3.8) is 0 Å². The molecule has 4 heteroatoms. The van der Waals surface area contributed by atoms with Crippen molar-refractivity contribution >= 4 is 5.82 Å². The molecule has 0 spiro atoms. The Bertz CT molecular complexity index is 400. The normalized spacial score (nSPS) is 16.9. The lowest BCUT2D eigenvalue weighted by atomic mass is 9.99. The van der Waals surface area contributed by atoms with Crippen LogP contribution in [0.4, 0.5) is 10.2 Å². The number of aromatic nitrogens is 1. The molecule has 19 heavy (non-hydrogen) atoms. The van der Waals surface area contributed by atoms with Crippen LogP contribution in [0.1, 0.15) is 38.7 Å². The van der Waals surface area contributed by atoms with E-state index in [-0.39, 0.29) is 5.82 Å². The van der Waals surface area contributed by atoms with Gasteiger partial charge in [-0.2, -0.15) is 0 Å². The van der Waals surface area contributed by atoms with E-state index in [4.69, 9.17) is 0 Å². The van der Waals surface area contributed by atoms with Gasteiger partial charge in [0, 0.05) is 25.2 Å². The second kappa shape index (κ2) is 6.85. The summed E-state index contributed by atoms with van der Waals surface area (Å²) in [5, 5.41) is 3.33. The summed E-state index contributed by atoms with van der Waals surface area (Å²) in [7, 11) is 0. The van der Waals surface area contributed by atoms with Gasteiger partial charge in [0.2, 0.25) is 0 Å². The second-order valence-electron chi connectivity index (χ2n) is 5.48. The second-order valence-corrected chi connectivity index (χ2v) is 5.48. The van der Waals surface area contributed by atoms with E-state index in [1.54, 1.807) is 6.07 Å². The Hall–Kier alpha value is -1.16. The van der Waals surface area contributed by atoms with Crippen LogP contribution in [0.15, 0.2) is 12.3 Å². The van der Waals surface area contributed by atoms with Gasteiger partial charge in [-0.1, -0.05) is 13.8 Å². The number of halogens is 1. The van der Waals surface area contributed by atoms with Gasteiger partial charge in [0.1, 0.15) is 11.6 Å². The molecule has 0 amide bonds. The zero-order chi connectivity index (χ0) is 13.7. The van der Waals surface area contributed by atoms with Gasteiger partial charge >= 0.3 is 0 Å². The van der Waals surface area contributed by atoms with Gasteiger partial charge in [-0.25, -0.2) is 9.37 Å². The van der Waals surface area contributed by atoms with E-state index in [1.165, 1.54) is 19.0 Å². The first-order valence-corrected chi connectivity index (χ1v) is 7.30. The van der Waals surface area contributed by atoms with Gasteiger partial charge in [-0.15, -0.1) is 0 Å². The summed E-state index contributed by atoms with van der Waals surface area (Å²) in [4.78, 5) is 6.61. The van der Waals surface area contributed by atoms with Crippen molar-refractivity contribution in [2.45, 2.75) is 39.7 Å². The Morgan fingerprint density at radius 1 is 1.42 bits per heavy atom. The van der Waals surface area contributed by atoms with Gasteiger partial charge in [0.05, 0.1) is 6.20 Å². The van der Waals surface area contributed by atoms with Crippen molar-refractivity contribution < 1.29 is 4.39 Å². The Morgan fingerprint density at radius 2 is 2.16 bits per heavy atom. The molecule has 1 aromatic rings. The number of nitrogens with one attached hydrogen (secondary N) is 1. The average molecular weight is 265 g/mol. The van der Waals surface area contributed by atoms with Crippen LogP contribution in [-0.4, -0.2) is 24.6 Å². The van der Waals surface area contributed by atoms with Gasteiger partial charge in [-0.3, -0.25) is 0 Å². The molecular weight excluding hydrogens is 241 g/mol. The monoisotopic (exact) mass is 265 g/mol. The molecule has 1 fully saturated rings. The summed E-state index contributed by atoms with van der Waals surface area (Å²) in [6, 6.07) is 1.61. The Morgan fingerprint density at radius 3 is 2.84 bits per heavy atom. The summed E-state index contributed by atoms with van der Waals surface area (Å²) in [5.41, 5.74) is 0.975. The van der Waals surface area contributed by atoms with E-state index in [1.807, 2.05) is 0 Å². The zero-order valence-corrected chi connectivity index (χ0v) is 12.0. The summed E-state index contributed by atoms with van der Waals surface area (Å²) < 4.78 is 13.4. The third-order valence-corrected chi connectivity index (χ3v) is 3.73. The summed E-state index contributed by atoms with van der Waals surface area (Å²) in [5.74, 6) is 1.50. The topological polar surface area (TPSA) is 28.2 Å². The number of pyridine rings is 1. The first kappa shape index (κ1) is 14.3. The molecule has 0 aromatic carbocycles. The molecule has 2 rings (SSSR count). The fourth-order valence-electron chi connectivity index (χ4n) is 2.51. The highest BCUT2D eigenvalue weighted by Crippen LogP contribution is 2.24. The highest BCUT2D eigenvalue weighted by molar-refractivity contribution is 5.47. The lowest BCUT2D eigenvalue weighted by Gasteiger charge is -2.32. The Kier molecular flexibility index (Phi) is 5.14. The van der Waals surface area contributed by atoms with E-state index >= 15 is 0 Å². The molecule has 1 N–H and O–H groups in total. The van der Waals surface area contributed by atoms with Crippen molar-refractivity contribution in [1.82, 2.24) is 10.3 Å². The maximum atomic E-state index is 13.4. The number of hydrogen-bond donors (Lipinski definition) is 1. The maximum absolute atomic E-state index is 13.4. The Labute approximate surface area is 115 Å². The molecule has 1 saturated heterocycles. The standard InChI is InChI=1S/C15H24FN3/c1-3-6-17-10-13-9-14(16)11-18-15(13)19-7-4-12(2)5-8-19/h9,11-12,17H,3-8,10H2,1-2H3. The molecule has 2 heterocycles. The van der Waals surface area contributed by atoms with Crippen LogP contribution < -0.4 is 10.2 Å². The molecule has 0 atom stereocenters. The van der Waals surface area contributed by atoms with Crippen molar-refractivity contribution in [2.75, 3.05) is 24.5 Å². The summed E-state index contributed by atoms with van der Waals surface area (Å²) in [6.07, 6.45) is 4.80. The highest BCUT2D eigenvalue weighted by atomic mass is 19.1. The van der Waals surface area contributed by atoms with E-state index in [2.05, 4.69) is 29.0 Å². The van der Waals surface area contributed by atoms with Crippen molar-refractivity contribution in [3.05, 3.63) is 23.6 Å². The van der Waals surface area contributed by atoms with Gasteiger partial charge in [0.15, 0.2) is 0 Å². The summed E-state index contributed by atoms with van der Waals surface area (Å²) >= 11 is 0. The molecular formula is C15H24FN3. The minimum Gasteiger partial charge on any atom is -0.356 e. The molecule has 3 nitrogen and oxygen atoms in total. The third kappa shape index (κ3) is 3.90. The first-order valence-electron chi connectivity index (χ1n) is 7.30. The van der Waals surface area contributed by atoms with E-state index in [0.29, 0.717) is 6.54 Å². The van der Waals surface area contributed by atoms with Gasteiger partial charge in [-0.05, 0) is 37.8 Å². The largest absolute Gasteiger partial charge is 0.356 e. The minimum atomic E-state index is -0.248. The number of piperidine rings is 1. The van der Waals surface area contributed by atoms with Gasteiger partial charge in [0.25, 0.3) is 0 Å². The fourth-order valence-corrected chi connectivity index (χ4v) is 2.51. The molecule has 1 aromatic heterocycles. The number of hydrogen-bond acceptors (Lipinski definition) is 3. The van der Waals surface area contributed by atoms with Crippen LogP contribution in [0.3, 0.4) is 0 Å². The van der Waals surface area contributed by atoms with Gasteiger partial charge < -0.3 is 10.2 Å². The van der Waals surface area contributed by atoms with E-state index in [9.17, 15) is 4.39 Å². The third-order valence-electron chi connectivity index (χ3n) is 3.73. The number of nitrogens with zero attached hydrogens (tertiary/aromatic N) is 2. The fraction of sp³-hybridized carbons (Fsp3) is 0.667. The van der Waals surface area contributed by atoms with Crippen LogP contribution in [-0.2, 0) is 6.54 Å². The van der Waals surface area contributed by atoms with Crippen molar-refractivity contribution in [3.8, 4) is 0 Å². The van der Waals surface area contributed by atoms with Crippen LogP contribution in [0.5, 0.6) is 0 Å². The van der Waals surface area contributed by atoms with Crippen LogP contribution in [0.2, 0.25) is 0 Å². The number of anilines is 1. The van der Waals surface area contributed by atoms with Crippen molar-refractivity contribution in [1.29, 1.82) is 0 Å². The molecule has 0 radical (unpaired) electrons. The quantitative estimate of drug-likeness (QED) is 0.830. The van der Waals surface area contributed by atoms with Crippen LogP contribution >= 0.6 is 0 Å². The molecule has 1 aliphatic rings. The smallest absolute Gasteiger partial charge is 0.141 e. The van der Waals surface area contributed by atoms with Crippen molar-refractivity contribution in [2.24, 2.45) is 5.92 Å². The minimum absolute atomic E-state index is 0.248. The lowest BCUT2D eigenvalue weighted by molar-refractivity contribution is 0.435. The zero-order valence-electron chi connectivity index (χ0n) is 12.0. The Balaban J connectivity index is 2.09. The lowest BCUT2D eigenvalue weighted by Crippen LogP contribution is -2.34. The molecule has 1 aliphatic heterocycles. The molecule has 0 saturated carbocycles. The molecule has 0 aliphatic carbocycles. The first-order chi connectivity index (χ1) is 9.20. The number of rotatable bonds is 5. The average Bonchev–Trinajstić information content (AvgIpc) is 2.41. The molecule has 0 unspecified atom stereocenters.